The van der Waals surface area contributed by atoms with Crippen molar-refractivity contribution in [3.63, 3.8) is 0 Å². The summed E-state index contributed by atoms with van der Waals surface area (Å²) in [6.07, 6.45) is 5.10. The lowest BCUT2D eigenvalue weighted by atomic mass is 10.0. The van der Waals surface area contributed by atoms with Crippen LogP contribution in [0.2, 0.25) is 0 Å². The smallest absolute Gasteiger partial charge is 0.0722 e. The van der Waals surface area contributed by atoms with Gasteiger partial charge in [0, 0.05) is 6.04 Å². The summed E-state index contributed by atoms with van der Waals surface area (Å²) in [5.74, 6) is 0. The average Bonchev–Trinajstić information content (AvgIpc) is 1.77. The van der Waals surface area contributed by atoms with Gasteiger partial charge in [-0.15, -0.1) is 0 Å². The van der Waals surface area contributed by atoms with Crippen LogP contribution in [-0.2, 0) is 0 Å². The Morgan fingerprint density at radius 2 is 2.12 bits per heavy atom. The molecule has 0 heterocycles. The standard InChI is InChI=1S/C6H11NO/c7-5-1-3-6(8)4-2-5/h1,3,5-6,8H,2,4,7H2/t5-,6?/m1/s1. The predicted octanol–water partition coefficient (Wildman–Crippen LogP) is 0.0246. The van der Waals surface area contributed by atoms with Gasteiger partial charge in [-0.3, -0.25) is 0 Å². The van der Waals surface area contributed by atoms with Crippen molar-refractivity contribution in [2.45, 2.75) is 25.0 Å². The molecule has 0 aliphatic heterocycles. The molecule has 0 saturated heterocycles. The fourth-order valence-electron chi connectivity index (χ4n) is 0.827. The molecule has 2 heteroatoms. The molecule has 1 aliphatic carbocycles. The van der Waals surface area contributed by atoms with E-state index in [1.165, 1.54) is 0 Å². The van der Waals surface area contributed by atoms with E-state index in [-0.39, 0.29) is 12.1 Å². The number of hydrogen-bond acceptors (Lipinski definition) is 2. The number of aliphatic hydroxyl groups is 1. The molecule has 0 saturated carbocycles. The van der Waals surface area contributed by atoms with Crippen molar-refractivity contribution in [2.24, 2.45) is 5.73 Å². The molecule has 0 aromatic carbocycles. The zero-order chi connectivity index (χ0) is 5.98. The number of aliphatic hydroxyl groups excluding tert-OH is 1. The SMILES string of the molecule is N[C@@H]1C=CC(O)CC1. The zero-order valence-electron chi connectivity index (χ0n) is 4.75. The Morgan fingerprint density at radius 1 is 1.38 bits per heavy atom. The average molecular weight is 113 g/mol. The fourth-order valence-corrected chi connectivity index (χ4v) is 0.827. The molecule has 0 radical (unpaired) electrons. The summed E-state index contributed by atoms with van der Waals surface area (Å²) in [6, 6.07) is 0.179. The molecule has 1 rings (SSSR count). The van der Waals surface area contributed by atoms with E-state index < -0.39 is 0 Å². The summed E-state index contributed by atoms with van der Waals surface area (Å²) in [6.45, 7) is 0. The Balaban J connectivity index is 2.42. The molecular weight excluding hydrogens is 102 g/mol. The van der Waals surface area contributed by atoms with E-state index in [1.54, 1.807) is 6.08 Å². The van der Waals surface area contributed by atoms with Crippen molar-refractivity contribution < 1.29 is 5.11 Å². The molecule has 0 spiro atoms. The fraction of sp³-hybridized carbons (Fsp3) is 0.667. The first-order chi connectivity index (χ1) is 3.79. The molecule has 0 aromatic heterocycles. The topological polar surface area (TPSA) is 46.2 Å². The van der Waals surface area contributed by atoms with Gasteiger partial charge in [-0.25, -0.2) is 0 Å². The predicted molar refractivity (Wildman–Crippen MR) is 32.4 cm³/mol. The molecule has 1 aliphatic rings. The van der Waals surface area contributed by atoms with Gasteiger partial charge >= 0.3 is 0 Å². The highest BCUT2D eigenvalue weighted by Crippen LogP contribution is 2.08. The summed E-state index contributed by atoms with van der Waals surface area (Å²) in [5, 5.41) is 8.88. The van der Waals surface area contributed by atoms with E-state index in [1.807, 2.05) is 6.08 Å². The maximum absolute atomic E-state index is 8.88. The van der Waals surface area contributed by atoms with Crippen LogP contribution in [0.1, 0.15) is 12.8 Å². The quantitative estimate of drug-likeness (QED) is 0.435. The van der Waals surface area contributed by atoms with Crippen LogP contribution in [0, 0.1) is 0 Å². The molecule has 1 unspecified atom stereocenters. The molecule has 2 atom stereocenters. The van der Waals surface area contributed by atoms with Gasteiger partial charge in [-0.2, -0.15) is 0 Å². The first kappa shape index (κ1) is 5.79. The number of hydrogen-bond donors (Lipinski definition) is 2. The van der Waals surface area contributed by atoms with Gasteiger partial charge < -0.3 is 10.8 Å². The monoisotopic (exact) mass is 113 g/mol. The van der Waals surface area contributed by atoms with Crippen molar-refractivity contribution in [1.29, 1.82) is 0 Å². The van der Waals surface area contributed by atoms with E-state index in [4.69, 9.17) is 10.8 Å². The van der Waals surface area contributed by atoms with Gasteiger partial charge in [0.15, 0.2) is 0 Å². The lowest BCUT2D eigenvalue weighted by molar-refractivity contribution is 0.201. The molecule has 0 fully saturated rings. The van der Waals surface area contributed by atoms with Crippen LogP contribution in [0.15, 0.2) is 12.2 Å². The molecule has 0 bridgehead atoms. The van der Waals surface area contributed by atoms with Gasteiger partial charge in [-0.1, -0.05) is 12.2 Å². The summed E-state index contributed by atoms with van der Waals surface area (Å²) in [4.78, 5) is 0. The van der Waals surface area contributed by atoms with Crippen LogP contribution >= 0.6 is 0 Å². The van der Waals surface area contributed by atoms with Crippen LogP contribution in [0.5, 0.6) is 0 Å². The zero-order valence-corrected chi connectivity index (χ0v) is 4.75. The second-order valence-corrected chi connectivity index (χ2v) is 2.19. The van der Waals surface area contributed by atoms with Crippen LogP contribution in [0.3, 0.4) is 0 Å². The van der Waals surface area contributed by atoms with Crippen LogP contribution in [0.4, 0.5) is 0 Å². The van der Waals surface area contributed by atoms with E-state index >= 15 is 0 Å². The first-order valence-electron chi connectivity index (χ1n) is 2.91. The van der Waals surface area contributed by atoms with Crippen molar-refractivity contribution in [2.75, 3.05) is 0 Å². The van der Waals surface area contributed by atoms with E-state index in [0.717, 1.165) is 12.8 Å². The summed E-state index contributed by atoms with van der Waals surface area (Å²) in [5.41, 5.74) is 5.50. The Hall–Kier alpha value is -0.340. The van der Waals surface area contributed by atoms with Gasteiger partial charge in [0.05, 0.1) is 6.10 Å². The molecule has 3 N–H and O–H groups in total. The normalized spacial score (nSPS) is 37.8. The highest BCUT2D eigenvalue weighted by Gasteiger charge is 2.08. The third-order valence-electron chi connectivity index (χ3n) is 1.38. The molecular formula is C6H11NO. The minimum Gasteiger partial charge on any atom is -0.389 e. The lowest BCUT2D eigenvalue weighted by Gasteiger charge is -2.14. The maximum Gasteiger partial charge on any atom is 0.0722 e. The summed E-state index contributed by atoms with van der Waals surface area (Å²) in [7, 11) is 0. The first-order valence-corrected chi connectivity index (χ1v) is 2.91. The summed E-state index contributed by atoms with van der Waals surface area (Å²) >= 11 is 0. The molecule has 46 valence electrons. The van der Waals surface area contributed by atoms with E-state index in [2.05, 4.69) is 0 Å². The van der Waals surface area contributed by atoms with Crippen LogP contribution in [-0.4, -0.2) is 17.3 Å². The van der Waals surface area contributed by atoms with Gasteiger partial charge in [-0.05, 0) is 12.8 Å². The van der Waals surface area contributed by atoms with Crippen molar-refractivity contribution in [3.8, 4) is 0 Å². The summed E-state index contributed by atoms with van der Waals surface area (Å²) < 4.78 is 0. The largest absolute Gasteiger partial charge is 0.389 e. The van der Waals surface area contributed by atoms with Gasteiger partial charge in [0.2, 0.25) is 0 Å². The van der Waals surface area contributed by atoms with Gasteiger partial charge in [0.25, 0.3) is 0 Å². The molecule has 0 aromatic rings. The second-order valence-electron chi connectivity index (χ2n) is 2.19. The van der Waals surface area contributed by atoms with Crippen molar-refractivity contribution in [3.05, 3.63) is 12.2 Å². The van der Waals surface area contributed by atoms with Crippen LogP contribution < -0.4 is 5.73 Å². The molecule has 8 heavy (non-hydrogen) atoms. The number of nitrogens with two attached hydrogens (primary N) is 1. The number of rotatable bonds is 0. The second kappa shape index (κ2) is 2.29. The molecule has 0 amide bonds. The van der Waals surface area contributed by atoms with E-state index in [0.29, 0.717) is 0 Å². The maximum atomic E-state index is 8.88. The third kappa shape index (κ3) is 1.32. The van der Waals surface area contributed by atoms with Crippen LogP contribution in [0.25, 0.3) is 0 Å². The minimum absolute atomic E-state index is 0.179. The minimum atomic E-state index is -0.241. The van der Waals surface area contributed by atoms with Gasteiger partial charge in [0.1, 0.15) is 0 Å². The Kier molecular flexibility index (Phi) is 1.65. The van der Waals surface area contributed by atoms with E-state index in [9.17, 15) is 0 Å². The van der Waals surface area contributed by atoms with Crippen molar-refractivity contribution >= 4 is 0 Å². The highest BCUT2D eigenvalue weighted by molar-refractivity contribution is 5.00. The third-order valence-corrected chi connectivity index (χ3v) is 1.38. The van der Waals surface area contributed by atoms with Crippen molar-refractivity contribution in [1.82, 2.24) is 0 Å². The molecule has 2 nitrogen and oxygen atoms in total. The Bertz CT molecular complexity index is 88.7. The Morgan fingerprint density at radius 3 is 2.50 bits per heavy atom. The lowest BCUT2D eigenvalue weighted by Crippen LogP contribution is -2.23. The Labute approximate surface area is 49.0 Å². The highest BCUT2D eigenvalue weighted by atomic mass is 16.3.